The van der Waals surface area contributed by atoms with Crippen molar-refractivity contribution < 1.29 is 9.53 Å². The quantitative estimate of drug-likeness (QED) is 0.497. The van der Waals surface area contributed by atoms with Gasteiger partial charge in [0.05, 0.1) is 5.41 Å². The molecule has 0 aromatic rings. The molecule has 1 saturated heterocycles. The summed E-state index contributed by atoms with van der Waals surface area (Å²) in [5, 5.41) is 0. The van der Waals surface area contributed by atoms with Gasteiger partial charge in [0.15, 0.2) is 0 Å². The molecule has 1 aliphatic rings. The fraction of sp³-hybridized carbons (Fsp3) is 0.583. The van der Waals surface area contributed by atoms with E-state index in [0.717, 1.165) is 12.8 Å². The van der Waals surface area contributed by atoms with E-state index in [0.29, 0.717) is 12.8 Å². The molecule has 0 radical (unpaired) electrons. The van der Waals surface area contributed by atoms with Gasteiger partial charge in [0, 0.05) is 6.42 Å². The van der Waals surface area contributed by atoms with E-state index in [1.807, 2.05) is 6.92 Å². The molecule has 0 aromatic carbocycles. The summed E-state index contributed by atoms with van der Waals surface area (Å²) in [6.07, 6.45) is 6.75. The van der Waals surface area contributed by atoms with Crippen LogP contribution in [-0.4, -0.2) is 12.1 Å². The first-order chi connectivity index (χ1) is 6.68. The molecular formula is C12H18O2. The minimum atomic E-state index is -0.371. The molecule has 1 fully saturated rings. The standard InChI is InChI=1S/C12H18O2/c1-4-7-12(8-5-2)9-10(6-3)14-11(12)13/h4-5,10H,1-2,6-9H2,3H3. The zero-order chi connectivity index (χ0) is 10.6. The first-order valence-electron chi connectivity index (χ1n) is 5.11. The van der Waals surface area contributed by atoms with Gasteiger partial charge in [-0.2, -0.15) is 0 Å². The summed E-state index contributed by atoms with van der Waals surface area (Å²) in [6.45, 7) is 9.43. The topological polar surface area (TPSA) is 26.3 Å². The minimum Gasteiger partial charge on any atom is -0.462 e. The Morgan fingerprint density at radius 2 is 2.07 bits per heavy atom. The van der Waals surface area contributed by atoms with E-state index >= 15 is 0 Å². The Morgan fingerprint density at radius 1 is 1.50 bits per heavy atom. The van der Waals surface area contributed by atoms with Crippen molar-refractivity contribution in [2.45, 2.75) is 38.7 Å². The molecular weight excluding hydrogens is 176 g/mol. The Kier molecular flexibility index (Phi) is 3.50. The number of esters is 1. The average molecular weight is 194 g/mol. The lowest BCUT2D eigenvalue weighted by Gasteiger charge is -2.20. The van der Waals surface area contributed by atoms with E-state index in [1.54, 1.807) is 12.2 Å². The molecule has 0 bridgehead atoms. The SMILES string of the molecule is C=CCC1(CC=C)CC(CC)OC1=O. The van der Waals surface area contributed by atoms with Crippen LogP contribution in [0.15, 0.2) is 25.3 Å². The van der Waals surface area contributed by atoms with Crippen LogP contribution in [0, 0.1) is 5.41 Å². The largest absolute Gasteiger partial charge is 0.462 e. The number of hydrogen-bond donors (Lipinski definition) is 0. The summed E-state index contributed by atoms with van der Waals surface area (Å²) in [7, 11) is 0. The third-order valence-electron chi connectivity index (χ3n) is 2.85. The lowest BCUT2D eigenvalue weighted by Crippen LogP contribution is -2.24. The van der Waals surface area contributed by atoms with Crippen molar-refractivity contribution in [3.63, 3.8) is 0 Å². The Balaban J connectivity index is 2.81. The highest BCUT2D eigenvalue weighted by Crippen LogP contribution is 2.41. The molecule has 0 aliphatic carbocycles. The smallest absolute Gasteiger partial charge is 0.313 e. The van der Waals surface area contributed by atoms with Crippen molar-refractivity contribution in [1.29, 1.82) is 0 Å². The first kappa shape index (κ1) is 11.0. The normalized spacial score (nSPS) is 24.4. The number of ether oxygens (including phenoxy) is 1. The van der Waals surface area contributed by atoms with Gasteiger partial charge in [-0.1, -0.05) is 19.1 Å². The van der Waals surface area contributed by atoms with Gasteiger partial charge in [-0.25, -0.2) is 0 Å². The van der Waals surface area contributed by atoms with Gasteiger partial charge < -0.3 is 4.74 Å². The number of rotatable bonds is 5. The van der Waals surface area contributed by atoms with Crippen LogP contribution in [0.1, 0.15) is 32.6 Å². The van der Waals surface area contributed by atoms with Gasteiger partial charge in [-0.05, 0) is 19.3 Å². The highest BCUT2D eigenvalue weighted by Gasteiger charge is 2.46. The summed E-state index contributed by atoms with van der Waals surface area (Å²) in [4.78, 5) is 11.7. The molecule has 1 atom stereocenters. The second-order valence-corrected chi connectivity index (χ2v) is 3.91. The number of allylic oxidation sites excluding steroid dienone is 2. The minimum absolute atomic E-state index is 0.0795. The monoisotopic (exact) mass is 194 g/mol. The predicted octanol–water partition coefficient (Wildman–Crippen LogP) is 2.85. The van der Waals surface area contributed by atoms with Gasteiger partial charge in [-0.3, -0.25) is 4.79 Å². The maximum atomic E-state index is 11.7. The van der Waals surface area contributed by atoms with Crippen LogP contribution >= 0.6 is 0 Å². The highest BCUT2D eigenvalue weighted by molar-refractivity contribution is 5.79. The van der Waals surface area contributed by atoms with Gasteiger partial charge in [0.1, 0.15) is 6.10 Å². The van der Waals surface area contributed by atoms with Crippen molar-refractivity contribution >= 4 is 5.97 Å². The maximum absolute atomic E-state index is 11.7. The van der Waals surface area contributed by atoms with E-state index in [2.05, 4.69) is 13.2 Å². The summed E-state index contributed by atoms with van der Waals surface area (Å²) in [5.41, 5.74) is -0.371. The van der Waals surface area contributed by atoms with Crippen LogP contribution < -0.4 is 0 Å². The Bertz CT molecular complexity index is 233. The van der Waals surface area contributed by atoms with Gasteiger partial charge in [-0.15, -0.1) is 13.2 Å². The average Bonchev–Trinajstić information content (AvgIpc) is 2.45. The van der Waals surface area contributed by atoms with E-state index in [4.69, 9.17) is 4.74 Å². The molecule has 1 unspecified atom stereocenters. The van der Waals surface area contributed by atoms with Crippen molar-refractivity contribution in [2.75, 3.05) is 0 Å². The number of hydrogen-bond acceptors (Lipinski definition) is 2. The van der Waals surface area contributed by atoms with E-state index in [9.17, 15) is 4.79 Å². The van der Waals surface area contributed by atoms with Gasteiger partial charge in [0.2, 0.25) is 0 Å². The molecule has 78 valence electrons. The summed E-state index contributed by atoms with van der Waals surface area (Å²) in [5.74, 6) is -0.0795. The Morgan fingerprint density at radius 3 is 2.43 bits per heavy atom. The third kappa shape index (κ3) is 1.89. The number of cyclic esters (lactones) is 1. The Hall–Kier alpha value is -1.05. The zero-order valence-electron chi connectivity index (χ0n) is 8.79. The molecule has 1 aliphatic heterocycles. The van der Waals surface area contributed by atoms with Gasteiger partial charge >= 0.3 is 5.97 Å². The molecule has 0 aromatic heterocycles. The van der Waals surface area contributed by atoms with Crippen LogP contribution in [0.2, 0.25) is 0 Å². The molecule has 0 spiro atoms. The molecule has 2 nitrogen and oxygen atoms in total. The summed E-state index contributed by atoms with van der Waals surface area (Å²) < 4.78 is 5.30. The summed E-state index contributed by atoms with van der Waals surface area (Å²) in [6, 6.07) is 0. The number of carbonyl (C=O) groups excluding carboxylic acids is 1. The van der Waals surface area contributed by atoms with E-state index in [-0.39, 0.29) is 17.5 Å². The third-order valence-corrected chi connectivity index (χ3v) is 2.85. The molecule has 1 rings (SSSR count). The highest BCUT2D eigenvalue weighted by atomic mass is 16.6. The second kappa shape index (κ2) is 4.45. The number of carbonyl (C=O) groups is 1. The van der Waals surface area contributed by atoms with Crippen LogP contribution in [0.5, 0.6) is 0 Å². The van der Waals surface area contributed by atoms with Crippen molar-refractivity contribution in [1.82, 2.24) is 0 Å². The van der Waals surface area contributed by atoms with Crippen LogP contribution in [0.3, 0.4) is 0 Å². The lowest BCUT2D eigenvalue weighted by molar-refractivity contribution is -0.148. The molecule has 1 heterocycles. The maximum Gasteiger partial charge on any atom is 0.313 e. The van der Waals surface area contributed by atoms with Crippen molar-refractivity contribution in [3.8, 4) is 0 Å². The molecule has 0 amide bonds. The zero-order valence-corrected chi connectivity index (χ0v) is 8.79. The van der Waals surface area contributed by atoms with E-state index < -0.39 is 0 Å². The van der Waals surface area contributed by atoms with Crippen molar-refractivity contribution in [2.24, 2.45) is 5.41 Å². The molecule has 0 N–H and O–H groups in total. The predicted molar refractivity (Wildman–Crippen MR) is 56.8 cm³/mol. The Labute approximate surface area is 85.6 Å². The lowest BCUT2D eigenvalue weighted by atomic mass is 9.78. The van der Waals surface area contributed by atoms with Crippen LogP contribution in [0.4, 0.5) is 0 Å². The van der Waals surface area contributed by atoms with Crippen LogP contribution in [0.25, 0.3) is 0 Å². The first-order valence-corrected chi connectivity index (χ1v) is 5.11. The van der Waals surface area contributed by atoms with Crippen LogP contribution in [-0.2, 0) is 9.53 Å². The molecule has 0 saturated carbocycles. The molecule has 2 heteroatoms. The van der Waals surface area contributed by atoms with E-state index in [1.165, 1.54) is 0 Å². The molecule has 14 heavy (non-hydrogen) atoms. The fourth-order valence-electron chi connectivity index (χ4n) is 2.03. The summed E-state index contributed by atoms with van der Waals surface area (Å²) >= 11 is 0. The van der Waals surface area contributed by atoms with Crippen molar-refractivity contribution in [3.05, 3.63) is 25.3 Å². The van der Waals surface area contributed by atoms with Gasteiger partial charge in [0.25, 0.3) is 0 Å². The fourth-order valence-corrected chi connectivity index (χ4v) is 2.03. The second-order valence-electron chi connectivity index (χ2n) is 3.91.